The summed E-state index contributed by atoms with van der Waals surface area (Å²) in [5.41, 5.74) is 0.415. The van der Waals surface area contributed by atoms with Crippen LogP contribution in [0.1, 0.15) is 27.8 Å². The third kappa shape index (κ3) is 3.58. The molecule has 1 atom stereocenters. The molecule has 10 nitrogen and oxygen atoms in total. The van der Waals surface area contributed by atoms with E-state index in [1.165, 1.54) is 36.7 Å². The van der Waals surface area contributed by atoms with E-state index in [0.29, 0.717) is 5.69 Å². The van der Waals surface area contributed by atoms with Crippen LogP contribution in [-0.2, 0) is 4.74 Å². The van der Waals surface area contributed by atoms with Crippen molar-refractivity contribution in [3.8, 4) is 11.5 Å². The van der Waals surface area contributed by atoms with Gasteiger partial charge in [0, 0.05) is 18.3 Å². The fourth-order valence-corrected chi connectivity index (χ4v) is 2.76. The van der Waals surface area contributed by atoms with Crippen molar-refractivity contribution < 1.29 is 23.4 Å². The summed E-state index contributed by atoms with van der Waals surface area (Å²) in [6.45, 7) is 0. The van der Waals surface area contributed by atoms with Crippen LogP contribution in [0.3, 0.4) is 0 Å². The molecule has 0 bridgehead atoms. The van der Waals surface area contributed by atoms with Gasteiger partial charge in [-0.3, -0.25) is 15.1 Å². The number of hydrogen-bond acceptors (Lipinski definition) is 9. The minimum atomic E-state index is -1.13. The van der Waals surface area contributed by atoms with Crippen molar-refractivity contribution in [3.05, 3.63) is 94.5 Å². The number of nitrogens with zero attached hydrogens (tertiary/aromatic N) is 4. The van der Waals surface area contributed by atoms with Gasteiger partial charge in [0.1, 0.15) is 6.26 Å². The molecule has 0 aliphatic carbocycles. The van der Waals surface area contributed by atoms with Gasteiger partial charge < -0.3 is 13.7 Å². The van der Waals surface area contributed by atoms with Gasteiger partial charge in [0.15, 0.2) is 29.6 Å². The molecule has 0 fully saturated rings. The predicted molar refractivity (Wildman–Crippen MR) is 96.6 cm³/mol. The molecule has 10 heteroatoms. The first-order chi connectivity index (χ1) is 14.1. The molecule has 0 saturated carbocycles. The minimum Gasteiger partial charge on any atom is -0.446 e. The Kier molecular flexibility index (Phi) is 4.81. The van der Waals surface area contributed by atoms with Crippen molar-refractivity contribution >= 4 is 11.7 Å². The number of ether oxygens (including phenoxy) is 1. The van der Waals surface area contributed by atoms with Gasteiger partial charge in [-0.2, -0.15) is 0 Å². The highest BCUT2D eigenvalue weighted by molar-refractivity contribution is 5.93. The molecule has 3 heterocycles. The number of aromatic nitrogens is 3. The van der Waals surface area contributed by atoms with Gasteiger partial charge >= 0.3 is 5.97 Å². The van der Waals surface area contributed by atoms with Gasteiger partial charge in [0.25, 0.3) is 5.69 Å². The number of esters is 1. The van der Waals surface area contributed by atoms with E-state index in [2.05, 4.69) is 15.1 Å². The summed E-state index contributed by atoms with van der Waals surface area (Å²) in [5.74, 6) is -0.795. The number of para-hydroxylation sites is 1. The number of carbonyl (C=O) groups excluding carboxylic acids is 1. The second-order valence-corrected chi connectivity index (χ2v) is 5.77. The Labute approximate surface area is 162 Å². The van der Waals surface area contributed by atoms with Crippen molar-refractivity contribution in [2.45, 2.75) is 6.10 Å². The first-order valence-electron chi connectivity index (χ1n) is 8.34. The second-order valence-electron chi connectivity index (χ2n) is 5.77. The number of benzene rings is 1. The quantitative estimate of drug-likeness (QED) is 0.274. The smallest absolute Gasteiger partial charge is 0.362 e. The van der Waals surface area contributed by atoms with Gasteiger partial charge in [-0.15, -0.1) is 0 Å². The Bertz CT molecular complexity index is 1140. The Morgan fingerprint density at radius 3 is 2.66 bits per heavy atom. The molecule has 4 aromatic rings. The highest BCUT2D eigenvalue weighted by Crippen LogP contribution is 2.33. The first-order valence-corrected chi connectivity index (χ1v) is 8.34. The van der Waals surface area contributed by atoms with E-state index < -0.39 is 17.0 Å². The van der Waals surface area contributed by atoms with E-state index in [0.717, 1.165) is 6.39 Å². The Morgan fingerprint density at radius 1 is 1.10 bits per heavy atom. The zero-order valence-corrected chi connectivity index (χ0v) is 14.7. The molecule has 0 saturated heterocycles. The maximum atomic E-state index is 12.9. The van der Waals surface area contributed by atoms with Crippen molar-refractivity contribution in [1.29, 1.82) is 0 Å². The van der Waals surface area contributed by atoms with Gasteiger partial charge in [0.2, 0.25) is 0 Å². The number of oxazole rings is 1. The summed E-state index contributed by atoms with van der Waals surface area (Å²) in [5, 5.41) is 15.2. The van der Waals surface area contributed by atoms with E-state index in [1.807, 2.05) is 0 Å². The zero-order valence-electron chi connectivity index (χ0n) is 14.7. The lowest BCUT2D eigenvalue weighted by atomic mass is 10.0. The number of pyridine rings is 1. The van der Waals surface area contributed by atoms with Crippen molar-refractivity contribution in [3.63, 3.8) is 0 Å². The summed E-state index contributed by atoms with van der Waals surface area (Å²) in [7, 11) is 0. The first kappa shape index (κ1) is 18.0. The van der Waals surface area contributed by atoms with Crippen molar-refractivity contribution in [2.75, 3.05) is 0 Å². The molecule has 0 aliphatic rings. The van der Waals surface area contributed by atoms with Crippen LogP contribution in [0, 0.1) is 10.1 Å². The fourth-order valence-electron chi connectivity index (χ4n) is 2.76. The van der Waals surface area contributed by atoms with Crippen LogP contribution in [-0.4, -0.2) is 26.0 Å². The number of nitro groups is 1. The normalized spacial score (nSPS) is 11.7. The standard InChI is InChI=1S/C19H12N4O6/c24-19(16-18(27-11-21-16)14-8-10-28-22-14)29-17(13-6-3-4-9-20-13)12-5-1-2-7-15(12)23(25)26/h1-11,17H. The highest BCUT2D eigenvalue weighted by Gasteiger charge is 2.30. The molecule has 3 aromatic heterocycles. The molecule has 4 rings (SSSR count). The molecule has 0 radical (unpaired) electrons. The molecule has 0 aliphatic heterocycles. The molecule has 144 valence electrons. The number of nitro benzene ring substituents is 1. The number of rotatable bonds is 6. The lowest BCUT2D eigenvalue weighted by Gasteiger charge is -2.17. The van der Waals surface area contributed by atoms with E-state index in [1.54, 1.807) is 24.3 Å². The summed E-state index contributed by atoms with van der Waals surface area (Å²) in [4.78, 5) is 31.9. The van der Waals surface area contributed by atoms with Crippen LogP contribution >= 0.6 is 0 Å². The molecule has 0 amide bonds. The molecule has 1 aromatic carbocycles. The molecular formula is C19H12N4O6. The summed E-state index contributed by atoms with van der Waals surface area (Å²) in [6, 6.07) is 12.5. The third-order valence-corrected chi connectivity index (χ3v) is 4.03. The molecule has 0 spiro atoms. The van der Waals surface area contributed by atoms with E-state index >= 15 is 0 Å². The van der Waals surface area contributed by atoms with Crippen molar-refractivity contribution in [1.82, 2.24) is 15.1 Å². The number of hydrogen-bond donors (Lipinski definition) is 0. The lowest BCUT2D eigenvalue weighted by Crippen LogP contribution is -2.16. The summed E-state index contributed by atoms with van der Waals surface area (Å²) >= 11 is 0. The monoisotopic (exact) mass is 392 g/mol. The van der Waals surface area contributed by atoms with Crippen molar-refractivity contribution in [2.24, 2.45) is 0 Å². The SMILES string of the molecule is O=C(OC(c1ccccn1)c1ccccc1[N+](=O)[O-])c1ncoc1-c1ccon1. The maximum absolute atomic E-state index is 12.9. The summed E-state index contributed by atoms with van der Waals surface area (Å²) < 4.78 is 15.6. The highest BCUT2D eigenvalue weighted by atomic mass is 16.6. The number of carbonyl (C=O) groups is 1. The van der Waals surface area contributed by atoms with Crippen LogP contribution in [0.5, 0.6) is 0 Å². The lowest BCUT2D eigenvalue weighted by molar-refractivity contribution is -0.386. The van der Waals surface area contributed by atoms with Gasteiger partial charge in [-0.1, -0.05) is 23.4 Å². The second kappa shape index (κ2) is 7.72. The van der Waals surface area contributed by atoms with E-state index in [4.69, 9.17) is 13.7 Å². The van der Waals surface area contributed by atoms with Crippen LogP contribution in [0.4, 0.5) is 5.69 Å². The predicted octanol–water partition coefficient (Wildman–Crippen LogP) is 3.58. The third-order valence-electron chi connectivity index (χ3n) is 4.03. The fraction of sp³-hybridized carbons (Fsp3) is 0.0526. The van der Waals surface area contributed by atoms with Crippen LogP contribution in [0.2, 0.25) is 0 Å². The summed E-state index contributed by atoms with van der Waals surface area (Å²) in [6.07, 6.45) is 2.76. The van der Waals surface area contributed by atoms with Crippen LogP contribution in [0.15, 0.2) is 76.3 Å². The maximum Gasteiger partial charge on any atom is 0.362 e. The van der Waals surface area contributed by atoms with E-state index in [-0.39, 0.29) is 28.4 Å². The van der Waals surface area contributed by atoms with Gasteiger partial charge in [-0.05, 0) is 18.2 Å². The average Bonchev–Trinajstić information content (AvgIpc) is 3.44. The molecular weight excluding hydrogens is 380 g/mol. The molecule has 29 heavy (non-hydrogen) atoms. The largest absolute Gasteiger partial charge is 0.446 e. The van der Waals surface area contributed by atoms with E-state index in [9.17, 15) is 14.9 Å². The Balaban J connectivity index is 1.74. The topological polar surface area (TPSA) is 134 Å². The van der Waals surface area contributed by atoms with Gasteiger partial charge in [-0.25, -0.2) is 9.78 Å². The van der Waals surface area contributed by atoms with Gasteiger partial charge in [0.05, 0.1) is 16.2 Å². The zero-order chi connectivity index (χ0) is 20.2. The Morgan fingerprint density at radius 2 is 1.93 bits per heavy atom. The molecule has 1 unspecified atom stereocenters. The average molecular weight is 392 g/mol. The molecule has 0 N–H and O–H groups in total. The Hall–Kier alpha value is -4.34. The van der Waals surface area contributed by atoms with Crippen LogP contribution in [0.25, 0.3) is 11.5 Å². The minimum absolute atomic E-state index is 0.0612. The van der Waals surface area contributed by atoms with Crippen LogP contribution < -0.4 is 0 Å².